The average molecular weight is 501 g/mol. The van der Waals surface area contributed by atoms with E-state index in [4.69, 9.17) is 9.94 Å². The first-order valence-electron chi connectivity index (χ1n) is 12.8. The van der Waals surface area contributed by atoms with Crippen molar-refractivity contribution in [1.29, 1.82) is 0 Å². The Hall–Kier alpha value is -3.80. The molecule has 192 valence electrons. The number of rotatable bonds is 12. The van der Waals surface area contributed by atoms with Gasteiger partial charge >= 0.3 is 6.09 Å². The lowest BCUT2D eigenvalue weighted by Crippen LogP contribution is -2.34. The lowest BCUT2D eigenvalue weighted by molar-refractivity contribution is -0.132. The molecule has 5 rings (SSSR count). The van der Waals surface area contributed by atoms with Gasteiger partial charge < -0.3 is 15.0 Å². The van der Waals surface area contributed by atoms with Gasteiger partial charge in [0, 0.05) is 43.3 Å². The molecule has 0 saturated heterocycles. The van der Waals surface area contributed by atoms with E-state index in [0.29, 0.717) is 32.2 Å². The molecule has 1 heterocycles. The van der Waals surface area contributed by atoms with Crippen LogP contribution in [0.5, 0.6) is 0 Å². The number of aromatic nitrogens is 1. The molecule has 1 saturated carbocycles. The Kier molecular flexibility index (Phi) is 7.73. The largest absolute Gasteiger partial charge is 0.448 e. The van der Waals surface area contributed by atoms with Crippen molar-refractivity contribution >= 4 is 22.9 Å². The van der Waals surface area contributed by atoms with Crippen LogP contribution in [0.1, 0.15) is 35.4 Å². The van der Waals surface area contributed by atoms with E-state index < -0.39 is 11.8 Å². The molecule has 2 atom stereocenters. The summed E-state index contributed by atoms with van der Waals surface area (Å²) in [7, 11) is 0. The van der Waals surface area contributed by atoms with Crippen molar-refractivity contribution in [2.24, 2.45) is 11.8 Å². The molecule has 1 fully saturated rings. The van der Waals surface area contributed by atoms with E-state index >= 15 is 0 Å². The number of H-pyrrole nitrogens is 1. The number of nitrogens with zero attached hydrogens (tertiary/aromatic N) is 1. The summed E-state index contributed by atoms with van der Waals surface area (Å²) in [5.74, 6) is 5.22. The number of carbonyl (C=O) groups is 2. The Morgan fingerprint density at radius 3 is 2.62 bits per heavy atom. The zero-order chi connectivity index (χ0) is 25.6. The third kappa shape index (κ3) is 6.31. The Morgan fingerprint density at radius 2 is 1.89 bits per heavy atom. The minimum Gasteiger partial charge on any atom is -0.448 e. The van der Waals surface area contributed by atoms with Crippen LogP contribution in [0, 0.1) is 23.7 Å². The third-order valence-electron chi connectivity index (χ3n) is 7.11. The van der Waals surface area contributed by atoms with Crippen molar-refractivity contribution in [3.05, 3.63) is 71.4 Å². The molecule has 8 nitrogen and oxygen atoms in total. The average Bonchev–Trinajstić information content (AvgIpc) is 3.64. The minimum atomic E-state index is -0.522. The number of hydrogen-bond acceptors (Lipinski definition) is 5. The summed E-state index contributed by atoms with van der Waals surface area (Å²) >= 11 is 0. The van der Waals surface area contributed by atoms with Crippen molar-refractivity contribution in [3.8, 4) is 11.8 Å². The van der Waals surface area contributed by atoms with Crippen LogP contribution in [0.4, 0.5) is 4.79 Å². The first-order valence-corrected chi connectivity index (χ1v) is 12.8. The number of aromatic amines is 1. The first-order chi connectivity index (χ1) is 18.1. The van der Waals surface area contributed by atoms with E-state index in [1.54, 1.807) is 5.48 Å². The summed E-state index contributed by atoms with van der Waals surface area (Å²) in [5.41, 5.74) is 6.16. The maximum atomic E-state index is 12.0. The number of carbonyl (C=O) groups excluding carboxylic acids is 2. The predicted octanol–water partition coefficient (Wildman–Crippen LogP) is 3.57. The maximum Gasteiger partial charge on any atom is 0.407 e. The fourth-order valence-corrected chi connectivity index (χ4v) is 4.66. The predicted molar refractivity (Wildman–Crippen MR) is 140 cm³/mol. The number of amides is 2. The van der Waals surface area contributed by atoms with Gasteiger partial charge in [-0.25, -0.2) is 10.3 Å². The molecule has 0 aliphatic heterocycles. The van der Waals surface area contributed by atoms with Crippen LogP contribution in [0.2, 0.25) is 0 Å². The van der Waals surface area contributed by atoms with E-state index in [1.807, 2.05) is 36.4 Å². The lowest BCUT2D eigenvalue weighted by atomic mass is 9.79. The monoisotopic (exact) mass is 500 g/mol. The van der Waals surface area contributed by atoms with Gasteiger partial charge in [0.25, 0.3) is 5.91 Å². The van der Waals surface area contributed by atoms with Crippen molar-refractivity contribution in [1.82, 2.24) is 20.7 Å². The molecule has 0 radical (unpaired) electrons. The quantitative estimate of drug-likeness (QED) is 0.173. The van der Waals surface area contributed by atoms with Crippen LogP contribution in [-0.2, 0) is 22.5 Å². The van der Waals surface area contributed by atoms with Crippen LogP contribution < -0.4 is 10.8 Å². The number of nitrogens with one attached hydrogen (secondary N) is 3. The zero-order valence-corrected chi connectivity index (χ0v) is 20.7. The van der Waals surface area contributed by atoms with Gasteiger partial charge in [-0.1, -0.05) is 54.3 Å². The Balaban J connectivity index is 1.20. The number of ether oxygens (including phenoxy) is 1. The molecule has 8 heteroatoms. The van der Waals surface area contributed by atoms with Crippen LogP contribution in [0.15, 0.2) is 54.7 Å². The molecule has 4 N–H and O–H groups in total. The molecular weight excluding hydrogens is 468 g/mol. The fourth-order valence-electron chi connectivity index (χ4n) is 4.66. The lowest BCUT2D eigenvalue weighted by Gasteiger charge is -2.24. The molecule has 0 spiro atoms. The van der Waals surface area contributed by atoms with Crippen LogP contribution >= 0.6 is 0 Å². The molecule has 2 amide bonds. The summed E-state index contributed by atoms with van der Waals surface area (Å²) in [6.45, 7) is 3.14. The zero-order valence-electron chi connectivity index (χ0n) is 20.7. The van der Waals surface area contributed by atoms with Crippen LogP contribution in [-0.4, -0.2) is 53.3 Å². The molecule has 3 aromatic rings. The normalized spacial score (nSPS) is 18.1. The second-order valence-electron chi connectivity index (χ2n) is 9.81. The van der Waals surface area contributed by atoms with Gasteiger partial charge in [0.1, 0.15) is 12.5 Å². The highest BCUT2D eigenvalue weighted by Crippen LogP contribution is 2.30. The van der Waals surface area contributed by atoms with Gasteiger partial charge in [-0.15, -0.1) is 0 Å². The summed E-state index contributed by atoms with van der Waals surface area (Å²) in [4.78, 5) is 29.4. The SMILES string of the molecule is O=C(NCC1CC1)OCCN(CCc1c[nH]c2ccccc12)Cc1ccc(C2C#CC2C(=O)NO)cc1. The smallest absolute Gasteiger partial charge is 0.407 e. The van der Waals surface area contributed by atoms with E-state index in [1.165, 1.54) is 23.8 Å². The van der Waals surface area contributed by atoms with E-state index in [0.717, 1.165) is 29.6 Å². The Bertz CT molecular complexity index is 1300. The van der Waals surface area contributed by atoms with Crippen molar-refractivity contribution in [2.75, 3.05) is 26.2 Å². The Morgan fingerprint density at radius 1 is 1.08 bits per heavy atom. The van der Waals surface area contributed by atoms with Gasteiger partial charge in [-0.2, -0.15) is 0 Å². The van der Waals surface area contributed by atoms with Gasteiger partial charge in [-0.05, 0) is 47.9 Å². The molecule has 37 heavy (non-hydrogen) atoms. The van der Waals surface area contributed by atoms with Gasteiger partial charge in [0.05, 0.1) is 5.92 Å². The highest BCUT2D eigenvalue weighted by Gasteiger charge is 2.32. The van der Waals surface area contributed by atoms with E-state index in [9.17, 15) is 9.59 Å². The van der Waals surface area contributed by atoms with Gasteiger partial charge in [0.15, 0.2) is 0 Å². The number of alkyl carbamates (subject to hydrolysis) is 1. The van der Waals surface area contributed by atoms with Crippen molar-refractivity contribution in [3.63, 3.8) is 0 Å². The van der Waals surface area contributed by atoms with Gasteiger partial charge in [0.2, 0.25) is 0 Å². The molecule has 2 aliphatic carbocycles. The second-order valence-corrected chi connectivity index (χ2v) is 9.81. The van der Waals surface area contributed by atoms with E-state index in [-0.39, 0.29) is 12.0 Å². The van der Waals surface area contributed by atoms with Gasteiger partial charge in [-0.3, -0.25) is 14.9 Å². The number of hydroxylamine groups is 1. The van der Waals surface area contributed by atoms with Crippen LogP contribution in [0.3, 0.4) is 0 Å². The maximum absolute atomic E-state index is 12.0. The summed E-state index contributed by atoms with van der Waals surface area (Å²) in [5, 5.41) is 13.0. The molecular formula is C29H32N4O4. The fraction of sp³-hybridized carbons (Fsp3) is 0.379. The standard InChI is InChI=1S/C29H32N4O4/c34-28(32-36)26-12-11-24(26)22-9-7-21(8-10-22)19-33(15-16-37-29(35)31-17-20-5-6-20)14-13-23-18-30-27-4-2-1-3-25(23)27/h1-4,7-10,18,20,24,26,30,36H,5-6,13-17,19H2,(H,31,35)(H,32,34). The molecule has 1 aromatic heterocycles. The van der Waals surface area contributed by atoms with Crippen molar-refractivity contribution in [2.45, 2.75) is 31.7 Å². The number of para-hydroxylation sites is 1. The molecule has 2 aliphatic rings. The first kappa shape index (κ1) is 24.9. The molecule has 0 bridgehead atoms. The highest BCUT2D eigenvalue weighted by molar-refractivity contribution is 5.84. The minimum absolute atomic E-state index is 0.207. The summed E-state index contributed by atoms with van der Waals surface area (Å²) in [6.07, 6.45) is 4.95. The number of fused-ring (bicyclic) bond motifs is 1. The molecule has 2 aromatic carbocycles. The Labute approximate surface area is 216 Å². The molecule has 2 unspecified atom stereocenters. The topological polar surface area (TPSA) is 107 Å². The van der Waals surface area contributed by atoms with E-state index in [2.05, 4.69) is 45.4 Å². The highest BCUT2D eigenvalue weighted by atomic mass is 16.5. The second kappa shape index (κ2) is 11.5. The van der Waals surface area contributed by atoms with Crippen LogP contribution in [0.25, 0.3) is 10.9 Å². The number of hydrogen-bond donors (Lipinski definition) is 4. The summed E-state index contributed by atoms with van der Waals surface area (Å²) < 4.78 is 5.44. The third-order valence-corrected chi connectivity index (χ3v) is 7.11. The number of benzene rings is 2. The van der Waals surface area contributed by atoms with Crippen molar-refractivity contribution < 1.29 is 19.5 Å². The summed E-state index contributed by atoms with van der Waals surface area (Å²) in [6, 6.07) is 16.4.